The van der Waals surface area contributed by atoms with Crippen molar-refractivity contribution in [2.45, 2.75) is 25.0 Å². The summed E-state index contributed by atoms with van der Waals surface area (Å²) in [4.78, 5) is 11.0. The quantitative estimate of drug-likeness (QED) is 0.453. The van der Waals surface area contributed by atoms with Crippen LogP contribution in [-0.2, 0) is 4.79 Å². The zero-order valence-electron chi connectivity index (χ0n) is 6.45. The second kappa shape index (κ2) is 3.19. The Hall–Kier alpha value is -0.610. The van der Waals surface area contributed by atoms with Crippen LogP contribution in [-0.4, -0.2) is 35.4 Å². The number of aliphatic hydroxyl groups excluding tert-OH is 2. The van der Waals surface area contributed by atoms with E-state index in [-0.39, 0.29) is 11.8 Å². The zero-order valence-corrected chi connectivity index (χ0v) is 6.45. The number of nitrogens with one attached hydrogen (secondary N) is 1. The van der Waals surface area contributed by atoms with E-state index in [1.165, 1.54) is 0 Å². The topological polar surface area (TPSA) is 69.6 Å². The monoisotopic (exact) mass is 159 g/mol. The summed E-state index contributed by atoms with van der Waals surface area (Å²) >= 11 is 0. The molecule has 0 saturated heterocycles. The van der Waals surface area contributed by atoms with Crippen LogP contribution in [0, 0.1) is 5.92 Å². The van der Waals surface area contributed by atoms with E-state index in [0.29, 0.717) is 12.8 Å². The lowest BCUT2D eigenvalue weighted by molar-refractivity contribution is -0.124. The summed E-state index contributed by atoms with van der Waals surface area (Å²) in [5, 5.41) is 20.7. The second-order valence-electron chi connectivity index (χ2n) is 2.92. The van der Waals surface area contributed by atoms with E-state index in [1.807, 2.05) is 0 Å². The summed E-state index contributed by atoms with van der Waals surface area (Å²) in [6.07, 6.45) is -0.698. The van der Waals surface area contributed by atoms with Gasteiger partial charge in [-0.3, -0.25) is 4.79 Å². The lowest BCUT2D eigenvalue weighted by Gasteiger charge is -2.04. The average molecular weight is 159 g/mol. The zero-order chi connectivity index (χ0) is 8.43. The summed E-state index contributed by atoms with van der Waals surface area (Å²) in [6, 6.07) is 0. The van der Waals surface area contributed by atoms with Crippen LogP contribution in [0.15, 0.2) is 0 Å². The second-order valence-corrected chi connectivity index (χ2v) is 2.92. The van der Waals surface area contributed by atoms with Crippen molar-refractivity contribution in [3.63, 3.8) is 0 Å². The molecule has 1 aliphatic carbocycles. The highest BCUT2D eigenvalue weighted by Gasteiger charge is 2.34. The van der Waals surface area contributed by atoms with Gasteiger partial charge in [-0.2, -0.15) is 0 Å². The van der Waals surface area contributed by atoms with Gasteiger partial charge in [-0.05, 0) is 12.8 Å². The highest BCUT2D eigenvalue weighted by molar-refractivity contribution is 5.78. The number of hydrogen-bond acceptors (Lipinski definition) is 3. The van der Waals surface area contributed by atoms with Crippen LogP contribution < -0.4 is 5.32 Å². The lowest BCUT2D eigenvalue weighted by Crippen LogP contribution is -2.25. The normalized spacial score (nSPS) is 37.2. The van der Waals surface area contributed by atoms with E-state index in [4.69, 9.17) is 10.2 Å². The Balaban J connectivity index is 2.46. The summed E-state index contributed by atoms with van der Waals surface area (Å²) < 4.78 is 0. The fourth-order valence-corrected chi connectivity index (χ4v) is 1.41. The van der Waals surface area contributed by atoms with Crippen molar-refractivity contribution in [1.82, 2.24) is 5.32 Å². The number of amides is 1. The molecule has 1 fully saturated rings. The third kappa shape index (κ3) is 1.70. The Labute approximate surface area is 65.2 Å². The molecule has 1 rings (SSSR count). The van der Waals surface area contributed by atoms with Gasteiger partial charge in [0, 0.05) is 13.0 Å². The molecule has 1 aliphatic rings. The Morgan fingerprint density at radius 1 is 1.36 bits per heavy atom. The Bertz CT molecular complexity index is 150. The van der Waals surface area contributed by atoms with E-state index in [9.17, 15) is 4.79 Å². The van der Waals surface area contributed by atoms with E-state index in [0.717, 1.165) is 0 Å². The molecule has 2 atom stereocenters. The average Bonchev–Trinajstić information content (AvgIpc) is 2.31. The van der Waals surface area contributed by atoms with Crippen LogP contribution in [0.2, 0.25) is 0 Å². The summed E-state index contributed by atoms with van der Waals surface area (Å²) in [7, 11) is 1.55. The minimum Gasteiger partial charge on any atom is -0.390 e. The van der Waals surface area contributed by atoms with Gasteiger partial charge in [0.25, 0.3) is 0 Å². The molecule has 1 amide bonds. The standard InChI is InChI=1S/C7H13NO3/c1-8-7(11)4-2-5(9)6(10)3-4/h4-6,9-10H,2-3H2,1H3,(H,8,11). The number of carbonyl (C=O) groups excluding carboxylic acids is 1. The Morgan fingerprint density at radius 3 is 2.18 bits per heavy atom. The molecule has 0 spiro atoms. The van der Waals surface area contributed by atoms with Gasteiger partial charge in [-0.15, -0.1) is 0 Å². The van der Waals surface area contributed by atoms with E-state index in [1.54, 1.807) is 7.05 Å². The first-order chi connectivity index (χ1) is 5.15. The molecular weight excluding hydrogens is 146 g/mol. The number of aliphatic hydroxyl groups is 2. The van der Waals surface area contributed by atoms with Gasteiger partial charge >= 0.3 is 0 Å². The molecule has 2 unspecified atom stereocenters. The minimum atomic E-state index is -0.725. The van der Waals surface area contributed by atoms with Crippen molar-refractivity contribution in [1.29, 1.82) is 0 Å². The fraction of sp³-hybridized carbons (Fsp3) is 0.857. The van der Waals surface area contributed by atoms with Gasteiger partial charge in [-0.1, -0.05) is 0 Å². The molecule has 0 heterocycles. The maximum atomic E-state index is 11.0. The van der Waals surface area contributed by atoms with Gasteiger partial charge in [0.1, 0.15) is 0 Å². The summed E-state index contributed by atoms with van der Waals surface area (Å²) in [5.74, 6) is -0.314. The van der Waals surface area contributed by atoms with Crippen LogP contribution in [0.25, 0.3) is 0 Å². The third-order valence-corrected chi connectivity index (χ3v) is 2.11. The number of hydrogen-bond donors (Lipinski definition) is 3. The predicted octanol–water partition coefficient (Wildman–Crippen LogP) is -1.14. The van der Waals surface area contributed by atoms with Crippen molar-refractivity contribution < 1.29 is 15.0 Å². The predicted molar refractivity (Wildman–Crippen MR) is 38.8 cm³/mol. The summed E-state index contributed by atoms with van der Waals surface area (Å²) in [5.41, 5.74) is 0. The van der Waals surface area contributed by atoms with Crippen molar-refractivity contribution >= 4 is 5.91 Å². The van der Waals surface area contributed by atoms with E-state index >= 15 is 0 Å². The molecule has 0 aromatic carbocycles. The van der Waals surface area contributed by atoms with Crippen LogP contribution >= 0.6 is 0 Å². The van der Waals surface area contributed by atoms with Crippen molar-refractivity contribution in [2.75, 3.05) is 7.05 Å². The van der Waals surface area contributed by atoms with Crippen molar-refractivity contribution in [3.8, 4) is 0 Å². The van der Waals surface area contributed by atoms with Gasteiger partial charge in [0.05, 0.1) is 12.2 Å². The molecule has 11 heavy (non-hydrogen) atoms. The van der Waals surface area contributed by atoms with Crippen molar-refractivity contribution in [2.24, 2.45) is 5.92 Å². The van der Waals surface area contributed by atoms with Gasteiger partial charge in [0.2, 0.25) is 5.91 Å². The smallest absolute Gasteiger partial charge is 0.223 e. The molecule has 0 aromatic rings. The van der Waals surface area contributed by atoms with E-state index in [2.05, 4.69) is 5.32 Å². The molecule has 3 N–H and O–H groups in total. The summed E-state index contributed by atoms with van der Waals surface area (Å²) in [6.45, 7) is 0. The molecular formula is C7H13NO3. The van der Waals surface area contributed by atoms with Crippen molar-refractivity contribution in [3.05, 3.63) is 0 Å². The highest BCUT2D eigenvalue weighted by atomic mass is 16.3. The van der Waals surface area contributed by atoms with Gasteiger partial charge in [-0.25, -0.2) is 0 Å². The Kier molecular flexibility index (Phi) is 2.46. The Morgan fingerprint density at radius 2 is 1.82 bits per heavy atom. The molecule has 0 radical (unpaired) electrons. The molecule has 0 aliphatic heterocycles. The third-order valence-electron chi connectivity index (χ3n) is 2.11. The molecule has 0 aromatic heterocycles. The van der Waals surface area contributed by atoms with Gasteiger partial charge < -0.3 is 15.5 Å². The molecule has 4 nitrogen and oxygen atoms in total. The lowest BCUT2D eigenvalue weighted by atomic mass is 10.1. The highest BCUT2D eigenvalue weighted by Crippen LogP contribution is 2.25. The molecule has 64 valence electrons. The number of carbonyl (C=O) groups is 1. The van der Waals surface area contributed by atoms with Crippen LogP contribution in [0.5, 0.6) is 0 Å². The van der Waals surface area contributed by atoms with Crippen LogP contribution in [0.3, 0.4) is 0 Å². The van der Waals surface area contributed by atoms with Crippen LogP contribution in [0.1, 0.15) is 12.8 Å². The minimum absolute atomic E-state index is 0.0967. The van der Waals surface area contributed by atoms with Gasteiger partial charge in [0.15, 0.2) is 0 Å². The van der Waals surface area contributed by atoms with E-state index < -0.39 is 12.2 Å². The maximum absolute atomic E-state index is 11.0. The van der Waals surface area contributed by atoms with Crippen LogP contribution in [0.4, 0.5) is 0 Å². The molecule has 4 heteroatoms. The first-order valence-corrected chi connectivity index (χ1v) is 3.73. The SMILES string of the molecule is CNC(=O)C1CC(O)C(O)C1. The maximum Gasteiger partial charge on any atom is 0.223 e. The number of rotatable bonds is 1. The molecule has 0 bridgehead atoms. The molecule has 1 saturated carbocycles. The largest absolute Gasteiger partial charge is 0.390 e. The first-order valence-electron chi connectivity index (χ1n) is 3.73. The first kappa shape index (κ1) is 8.49. The fourth-order valence-electron chi connectivity index (χ4n) is 1.41.